The van der Waals surface area contributed by atoms with Crippen LogP contribution in [0.2, 0.25) is 0 Å². The molecular formula is C30H35F5N8O3. The van der Waals surface area contributed by atoms with Crippen molar-refractivity contribution < 1.29 is 36.2 Å². The number of nitrogens with one attached hydrogen (secondary N) is 2. The molecule has 3 aliphatic rings. The molecule has 0 unspecified atom stereocenters. The van der Waals surface area contributed by atoms with E-state index in [-0.39, 0.29) is 53.2 Å². The number of ether oxygens (including phenoxy) is 2. The van der Waals surface area contributed by atoms with Gasteiger partial charge in [-0.2, -0.15) is 23.1 Å². The summed E-state index contributed by atoms with van der Waals surface area (Å²) in [6.07, 6.45) is -3.67. The molecule has 3 atom stereocenters. The van der Waals surface area contributed by atoms with E-state index < -0.39 is 52.0 Å². The maximum Gasteiger partial charge on any atom is 0.417 e. The summed E-state index contributed by atoms with van der Waals surface area (Å²) < 4.78 is 86.3. The number of aromatic nitrogens is 3. The van der Waals surface area contributed by atoms with Crippen molar-refractivity contribution >= 4 is 28.3 Å². The number of fused-ring (bicyclic) bond motifs is 1. The summed E-state index contributed by atoms with van der Waals surface area (Å²) in [6.45, 7) is 5.49. The fourth-order valence-corrected chi connectivity index (χ4v) is 6.42. The van der Waals surface area contributed by atoms with Gasteiger partial charge in [0.15, 0.2) is 5.82 Å². The van der Waals surface area contributed by atoms with Crippen LogP contribution in [0.15, 0.2) is 6.07 Å². The number of rotatable bonds is 4. The molecule has 0 aliphatic carbocycles. The lowest BCUT2D eigenvalue weighted by Crippen LogP contribution is -2.55. The van der Waals surface area contributed by atoms with Gasteiger partial charge in [0.05, 0.1) is 23.4 Å². The topological polar surface area (TPSA) is 131 Å². The molecule has 0 bridgehead atoms. The lowest BCUT2D eigenvalue weighted by molar-refractivity contribution is -0.139. The zero-order valence-corrected chi connectivity index (χ0v) is 25.6. The molecule has 3 aliphatic heterocycles. The Hall–Kier alpha value is -4.05. The highest BCUT2D eigenvalue weighted by molar-refractivity contribution is 5.96. The van der Waals surface area contributed by atoms with Crippen molar-refractivity contribution in [3.05, 3.63) is 28.8 Å². The largest absolute Gasteiger partial charge is 0.474 e. The lowest BCUT2D eigenvalue weighted by atomic mass is 9.96. The minimum absolute atomic E-state index is 0.0216. The van der Waals surface area contributed by atoms with Crippen LogP contribution in [0.1, 0.15) is 37.3 Å². The number of nitrogen functional groups attached to an aromatic ring is 1. The van der Waals surface area contributed by atoms with Crippen LogP contribution in [0.25, 0.3) is 22.2 Å². The van der Waals surface area contributed by atoms with Gasteiger partial charge in [-0.25, -0.2) is 13.8 Å². The molecule has 1 amide bonds. The van der Waals surface area contributed by atoms with Crippen molar-refractivity contribution in [3.8, 4) is 23.1 Å². The second-order valence-corrected chi connectivity index (χ2v) is 11.9. The van der Waals surface area contributed by atoms with Crippen LogP contribution in [-0.4, -0.2) is 95.2 Å². The Balaban J connectivity index is 1.48. The highest BCUT2D eigenvalue weighted by Crippen LogP contribution is 2.45. The first-order valence-electron chi connectivity index (χ1n) is 15.2. The SMILES string of the molecule is Cc1c(F)c(N)cc(-c2nc3c4c(nc(OC[C@H]5CC[C@@H]6C(=O)N(C)CCN56)nc4c2F)NCCNCC[C@H](C)O3)c1C(F)(F)F. The summed E-state index contributed by atoms with van der Waals surface area (Å²) in [7, 11) is 1.77. The monoisotopic (exact) mass is 650 g/mol. The lowest BCUT2D eigenvalue weighted by Gasteiger charge is -2.37. The molecule has 0 spiro atoms. The van der Waals surface area contributed by atoms with Gasteiger partial charge in [-0.3, -0.25) is 9.69 Å². The van der Waals surface area contributed by atoms with E-state index in [1.54, 1.807) is 18.9 Å². The summed E-state index contributed by atoms with van der Waals surface area (Å²) in [6, 6.07) is 0.141. The fourth-order valence-electron chi connectivity index (χ4n) is 6.42. The van der Waals surface area contributed by atoms with Gasteiger partial charge >= 0.3 is 12.2 Å². The summed E-state index contributed by atoms with van der Waals surface area (Å²) in [5.41, 5.74) is 1.05. The second-order valence-electron chi connectivity index (χ2n) is 11.9. The number of anilines is 2. The zero-order chi connectivity index (χ0) is 32.9. The average molecular weight is 651 g/mol. The average Bonchev–Trinajstić information content (AvgIpc) is 3.41. The van der Waals surface area contributed by atoms with Gasteiger partial charge in [-0.15, -0.1) is 0 Å². The highest BCUT2D eigenvalue weighted by Gasteiger charge is 2.42. The Morgan fingerprint density at radius 3 is 2.63 bits per heavy atom. The van der Waals surface area contributed by atoms with E-state index in [1.807, 2.05) is 0 Å². The van der Waals surface area contributed by atoms with Crippen molar-refractivity contribution in [1.29, 1.82) is 0 Å². The van der Waals surface area contributed by atoms with E-state index >= 15 is 4.39 Å². The van der Waals surface area contributed by atoms with Crippen molar-refractivity contribution in [2.45, 2.75) is 57.5 Å². The van der Waals surface area contributed by atoms with Crippen molar-refractivity contribution in [1.82, 2.24) is 30.1 Å². The fraction of sp³-hybridized carbons (Fsp3) is 0.533. The molecule has 1 aromatic carbocycles. The summed E-state index contributed by atoms with van der Waals surface area (Å²) in [4.78, 5) is 29.5. The van der Waals surface area contributed by atoms with Gasteiger partial charge in [0.2, 0.25) is 11.8 Å². The van der Waals surface area contributed by atoms with E-state index in [1.165, 1.54) is 0 Å². The Morgan fingerprint density at radius 2 is 1.87 bits per heavy atom. The van der Waals surface area contributed by atoms with Crippen molar-refractivity contribution in [2.24, 2.45) is 0 Å². The van der Waals surface area contributed by atoms with E-state index in [0.29, 0.717) is 52.0 Å². The number of nitrogens with zero attached hydrogens (tertiary/aromatic N) is 5. The minimum Gasteiger partial charge on any atom is -0.474 e. The predicted molar refractivity (Wildman–Crippen MR) is 160 cm³/mol. The van der Waals surface area contributed by atoms with Crippen LogP contribution in [0.5, 0.6) is 11.9 Å². The number of carbonyl (C=O) groups excluding carboxylic acids is 1. The molecule has 3 aromatic rings. The van der Waals surface area contributed by atoms with Crippen LogP contribution in [0.4, 0.5) is 33.5 Å². The van der Waals surface area contributed by atoms with Crippen molar-refractivity contribution in [3.63, 3.8) is 0 Å². The number of alkyl halides is 3. The number of benzene rings is 1. The second kappa shape index (κ2) is 12.3. The van der Waals surface area contributed by atoms with Gasteiger partial charge in [-0.05, 0) is 51.3 Å². The van der Waals surface area contributed by atoms with Gasteiger partial charge in [0, 0.05) is 44.8 Å². The molecule has 0 saturated carbocycles. The van der Waals surface area contributed by atoms with Gasteiger partial charge in [0.25, 0.3) is 0 Å². The first-order valence-corrected chi connectivity index (χ1v) is 15.2. The third-order valence-electron chi connectivity index (χ3n) is 8.83. The minimum atomic E-state index is -5.06. The molecular weight excluding hydrogens is 615 g/mol. The van der Waals surface area contributed by atoms with Crippen molar-refractivity contribution in [2.75, 3.05) is 57.4 Å². The third-order valence-corrected chi connectivity index (χ3v) is 8.83. The van der Waals surface area contributed by atoms with Crippen LogP contribution >= 0.6 is 0 Å². The smallest absolute Gasteiger partial charge is 0.417 e. The summed E-state index contributed by atoms with van der Waals surface area (Å²) in [5, 5.41) is 6.39. The molecule has 6 rings (SSSR count). The van der Waals surface area contributed by atoms with Crippen LogP contribution < -0.4 is 25.8 Å². The Bertz CT molecular complexity index is 1670. The predicted octanol–water partition coefficient (Wildman–Crippen LogP) is 3.74. The Kier molecular flexibility index (Phi) is 8.52. The number of amides is 1. The number of halogens is 5. The Labute approximate surface area is 261 Å². The maximum absolute atomic E-state index is 16.6. The summed E-state index contributed by atoms with van der Waals surface area (Å²) in [5.74, 6) is -2.49. The first kappa shape index (κ1) is 31.9. The van der Waals surface area contributed by atoms with Crippen LogP contribution in [0, 0.1) is 18.6 Å². The number of nitrogens with two attached hydrogens (primary N) is 1. The van der Waals surface area contributed by atoms with E-state index in [0.717, 1.165) is 13.0 Å². The number of carbonyl (C=O) groups is 1. The van der Waals surface area contributed by atoms with E-state index in [9.17, 15) is 22.4 Å². The van der Waals surface area contributed by atoms with Gasteiger partial charge in [0.1, 0.15) is 34.8 Å². The molecule has 2 fully saturated rings. The zero-order valence-electron chi connectivity index (χ0n) is 25.6. The third kappa shape index (κ3) is 5.83. The molecule has 248 valence electrons. The first-order chi connectivity index (χ1) is 21.8. The highest BCUT2D eigenvalue weighted by atomic mass is 19.4. The molecule has 2 aromatic heterocycles. The number of hydrogen-bond donors (Lipinski definition) is 3. The number of pyridine rings is 1. The summed E-state index contributed by atoms with van der Waals surface area (Å²) >= 11 is 0. The molecule has 0 radical (unpaired) electrons. The standard InChI is InChI=1S/C30H35F5N8O3/c1-14-6-7-37-8-9-38-26-20-25(40-29(41-26)45-13-16-4-5-19-28(44)42(3)10-11-43(16)19)23(32)24(39-27(20)46-14)17-12-18(36)22(31)15(2)21(17)30(33,34)35/h12,14,16,19,37H,4-11,13,36H2,1-3H3,(H,38,40,41)/t14-,16+,19+/m0/s1. The number of piperazine rings is 1. The normalized spacial score (nSPS) is 22.7. The molecule has 5 heterocycles. The van der Waals surface area contributed by atoms with Crippen LogP contribution in [0.3, 0.4) is 0 Å². The molecule has 46 heavy (non-hydrogen) atoms. The molecule has 4 N–H and O–H groups in total. The Morgan fingerprint density at radius 1 is 1.09 bits per heavy atom. The number of likely N-dealkylation sites (N-methyl/N-ethyl adjacent to an activating group) is 1. The molecule has 2 saturated heterocycles. The quantitative estimate of drug-likeness (QED) is 0.284. The van der Waals surface area contributed by atoms with Gasteiger partial charge < -0.3 is 30.7 Å². The van der Waals surface area contributed by atoms with E-state index in [4.69, 9.17) is 15.2 Å². The van der Waals surface area contributed by atoms with E-state index in [2.05, 4.69) is 30.5 Å². The molecule has 16 heteroatoms. The molecule has 11 nitrogen and oxygen atoms in total. The number of hydrogen-bond acceptors (Lipinski definition) is 10. The van der Waals surface area contributed by atoms with Crippen LogP contribution in [-0.2, 0) is 11.0 Å². The maximum atomic E-state index is 16.6. The van der Waals surface area contributed by atoms with Gasteiger partial charge in [-0.1, -0.05) is 0 Å².